The second kappa shape index (κ2) is 5.79. The van der Waals surface area contributed by atoms with Gasteiger partial charge >= 0.3 is 0 Å². The third-order valence-corrected chi connectivity index (χ3v) is 6.89. The van der Waals surface area contributed by atoms with Crippen LogP contribution in [0, 0.1) is 5.92 Å². The minimum absolute atomic E-state index is 0.00409. The average molecular weight is 354 g/mol. The van der Waals surface area contributed by atoms with Crippen LogP contribution in [0.5, 0.6) is 0 Å². The number of piperazine rings is 1. The van der Waals surface area contributed by atoms with Gasteiger partial charge in [-0.2, -0.15) is 0 Å². The lowest BCUT2D eigenvalue weighted by atomic mass is 9.78. The number of carbonyl (C=O) groups excluding carboxylic acids is 2. The first-order chi connectivity index (χ1) is 12.6. The SMILES string of the molecule is CN1CCN(C(=O)C2CC3CCCN3C23C(=O)Nc2ccccc23)CC1. The van der Waals surface area contributed by atoms with Gasteiger partial charge in [-0.15, -0.1) is 0 Å². The van der Waals surface area contributed by atoms with Gasteiger partial charge < -0.3 is 15.1 Å². The summed E-state index contributed by atoms with van der Waals surface area (Å²) in [5.41, 5.74) is 1.07. The molecule has 4 heterocycles. The highest BCUT2D eigenvalue weighted by Crippen LogP contribution is 2.55. The standard InChI is InChI=1S/C20H26N4O2/c1-22-9-11-23(12-10-22)18(25)16-13-14-5-4-8-24(14)20(16)15-6-2-3-7-17(15)21-19(20)26/h2-3,6-7,14,16H,4-5,8-13H2,1H3,(H,21,26). The van der Waals surface area contributed by atoms with Crippen molar-refractivity contribution in [1.29, 1.82) is 0 Å². The number of likely N-dealkylation sites (N-methyl/N-ethyl adjacent to an activating group) is 1. The third kappa shape index (κ3) is 2.06. The molecule has 4 aliphatic heterocycles. The zero-order valence-corrected chi connectivity index (χ0v) is 15.3. The molecule has 6 nitrogen and oxygen atoms in total. The number of hydrogen-bond acceptors (Lipinski definition) is 4. The van der Waals surface area contributed by atoms with Crippen LogP contribution in [0.25, 0.3) is 0 Å². The lowest BCUT2D eigenvalue weighted by molar-refractivity contribution is -0.145. The van der Waals surface area contributed by atoms with Crippen LogP contribution in [0.2, 0.25) is 0 Å². The lowest BCUT2D eigenvalue weighted by Crippen LogP contribution is -2.57. The number of rotatable bonds is 1. The van der Waals surface area contributed by atoms with Crippen LogP contribution in [-0.2, 0) is 15.1 Å². The van der Waals surface area contributed by atoms with E-state index in [9.17, 15) is 9.59 Å². The molecule has 1 N–H and O–H groups in total. The Labute approximate surface area is 154 Å². The van der Waals surface area contributed by atoms with Crippen LogP contribution in [0.3, 0.4) is 0 Å². The molecule has 6 heteroatoms. The van der Waals surface area contributed by atoms with Crippen LogP contribution in [-0.4, -0.2) is 72.3 Å². The minimum atomic E-state index is -0.807. The highest BCUT2D eigenvalue weighted by molar-refractivity contribution is 6.09. The molecule has 3 saturated heterocycles. The predicted molar refractivity (Wildman–Crippen MR) is 98.7 cm³/mol. The number of para-hydroxylation sites is 1. The molecule has 5 rings (SSSR count). The Morgan fingerprint density at radius 1 is 1.15 bits per heavy atom. The van der Waals surface area contributed by atoms with Gasteiger partial charge in [-0.25, -0.2) is 0 Å². The Morgan fingerprint density at radius 3 is 2.73 bits per heavy atom. The number of nitrogens with zero attached hydrogens (tertiary/aromatic N) is 3. The number of nitrogens with one attached hydrogen (secondary N) is 1. The fourth-order valence-electron chi connectivity index (χ4n) is 5.61. The number of fused-ring (bicyclic) bond motifs is 4. The van der Waals surface area contributed by atoms with Crippen molar-refractivity contribution in [2.75, 3.05) is 45.1 Å². The van der Waals surface area contributed by atoms with E-state index in [0.717, 1.165) is 63.2 Å². The molecule has 0 aliphatic carbocycles. The topological polar surface area (TPSA) is 55.9 Å². The van der Waals surface area contributed by atoms with Gasteiger partial charge in [-0.3, -0.25) is 14.5 Å². The van der Waals surface area contributed by atoms with Crippen molar-refractivity contribution < 1.29 is 9.59 Å². The summed E-state index contributed by atoms with van der Waals surface area (Å²) >= 11 is 0. The molecular weight excluding hydrogens is 328 g/mol. The molecule has 4 aliphatic rings. The third-order valence-electron chi connectivity index (χ3n) is 6.89. The van der Waals surface area contributed by atoms with E-state index in [2.05, 4.69) is 22.2 Å². The quantitative estimate of drug-likeness (QED) is 0.820. The van der Waals surface area contributed by atoms with Crippen LogP contribution >= 0.6 is 0 Å². The number of amides is 2. The van der Waals surface area contributed by atoms with Crippen molar-refractivity contribution in [1.82, 2.24) is 14.7 Å². The number of anilines is 1. The average Bonchev–Trinajstić information content (AvgIpc) is 3.30. The fraction of sp³-hybridized carbons (Fsp3) is 0.600. The van der Waals surface area contributed by atoms with Crippen LogP contribution in [0.1, 0.15) is 24.8 Å². The molecule has 26 heavy (non-hydrogen) atoms. The van der Waals surface area contributed by atoms with Crippen molar-refractivity contribution >= 4 is 17.5 Å². The summed E-state index contributed by atoms with van der Waals surface area (Å²) in [4.78, 5) is 33.5. The smallest absolute Gasteiger partial charge is 0.250 e. The van der Waals surface area contributed by atoms with Gasteiger partial charge in [-0.05, 0) is 38.9 Å². The van der Waals surface area contributed by atoms with E-state index >= 15 is 0 Å². The van der Waals surface area contributed by atoms with Gasteiger partial charge in [0, 0.05) is 43.5 Å². The molecule has 1 aromatic carbocycles. The molecule has 0 radical (unpaired) electrons. The first-order valence-electron chi connectivity index (χ1n) is 9.77. The van der Waals surface area contributed by atoms with Crippen molar-refractivity contribution in [2.24, 2.45) is 5.92 Å². The van der Waals surface area contributed by atoms with Gasteiger partial charge in [0.25, 0.3) is 0 Å². The maximum absolute atomic E-state index is 13.6. The lowest BCUT2D eigenvalue weighted by Gasteiger charge is -2.40. The summed E-state index contributed by atoms with van der Waals surface area (Å²) in [7, 11) is 2.09. The van der Waals surface area contributed by atoms with Crippen LogP contribution < -0.4 is 5.32 Å². The zero-order chi connectivity index (χ0) is 17.9. The second-order valence-electron chi connectivity index (χ2n) is 8.17. The Bertz CT molecular complexity index is 758. The van der Waals surface area contributed by atoms with Crippen molar-refractivity contribution in [3.8, 4) is 0 Å². The molecule has 138 valence electrons. The number of hydrogen-bond donors (Lipinski definition) is 1. The van der Waals surface area contributed by atoms with E-state index in [1.165, 1.54) is 0 Å². The fourth-order valence-corrected chi connectivity index (χ4v) is 5.61. The van der Waals surface area contributed by atoms with Crippen molar-refractivity contribution in [3.63, 3.8) is 0 Å². The second-order valence-corrected chi connectivity index (χ2v) is 8.17. The zero-order valence-electron chi connectivity index (χ0n) is 15.3. The molecule has 3 atom stereocenters. The monoisotopic (exact) mass is 354 g/mol. The first kappa shape index (κ1) is 16.3. The maximum Gasteiger partial charge on any atom is 0.250 e. The van der Waals surface area contributed by atoms with Gasteiger partial charge in [-0.1, -0.05) is 18.2 Å². The largest absolute Gasteiger partial charge is 0.340 e. The summed E-state index contributed by atoms with van der Waals surface area (Å²) in [5, 5.41) is 3.08. The Morgan fingerprint density at radius 2 is 1.92 bits per heavy atom. The Balaban J connectivity index is 1.57. The molecule has 0 saturated carbocycles. The molecule has 1 spiro atoms. The molecule has 2 amide bonds. The predicted octanol–water partition coefficient (Wildman–Crippen LogP) is 1.09. The molecule has 3 fully saturated rings. The highest BCUT2D eigenvalue weighted by atomic mass is 16.2. The first-order valence-corrected chi connectivity index (χ1v) is 9.77. The molecule has 0 aromatic heterocycles. The Hall–Kier alpha value is -1.92. The normalized spacial score (nSPS) is 34.2. The van der Waals surface area contributed by atoms with Gasteiger partial charge in [0.1, 0.15) is 5.54 Å². The summed E-state index contributed by atoms with van der Waals surface area (Å²) < 4.78 is 0. The molecule has 0 bridgehead atoms. The van der Waals surface area contributed by atoms with Crippen molar-refractivity contribution in [3.05, 3.63) is 29.8 Å². The summed E-state index contributed by atoms with van der Waals surface area (Å²) in [6.45, 7) is 4.23. The van der Waals surface area contributed by atoms with E-state index in [-0.39, 0.29) is 17.7 Å². The van der Waals surface area contributed by atoms with Gasteiger partial charge in [0.05, 0.1) is 5.92 Å². The summed E-state index contributed by atoms with van der Waals surface area (Å²) in [5.74, 6) is -0.116. The molecule has 3 unspecified atom stereocenters. The van der Waals surface area contributed by atoms with E-state index < -0.39 is 5.54 Å². The van der Waals surface area contributed by atoms with E-state index in [4.69, 9.17) is 0 Å². The van der Waals surface area contributed by atoms with E-state index in [1.54, 1.807) is 0 Å². The Kier molecular flexibility index (Phi) is 3.62. The minimum Gasteiger partial charge on any atom is -0.340 e. The number of benzene rings is 1. The van der Waals surface area contributed by atoms with E-state index in [1.807, 2.05) is 29.2 Å². The number of carbonyl (C=O) groups is 2. The van der Waals surface area contributed by atoms with E-state index in [0.29, 0.717) is 6.04 Å². The molecule has 1 aromatic rings. The molecular formula is C20H26N4O2. The van der Waals surface area contributed by atoms with Crippen LogP contribution in [0.4, 0.5) is 5.69 Å². The highest BCUT2D eigenvalue weighted by Gasteiger charge is 2.65. The maximum atomic E-state index is 13.6. The van der Waals surface area contributed by atoms with Gasteiger partial charge in [0.2, 0.25) is 11.8 Å². The van der Waals surface area contributed by atoms with Crippen LogP contribution in [0.15, 0.2) is 24.3 Å². The summed E-state index contributed by atoms with van der Waals surface area (Å²) in [6.07, 6.45) is 2.99. The summed E-state index contributed by atoms with van der Waals surface area (Å²) in [6, 6.07) is 8.28. The van der Waals surface area contributed by atoms with Gasteiger partial charge in [0.15, 0.2) is 0 Å². The van der Waals surface area contributed by atoms with Crippen molar-refractivity contribution in [2.45, 2.75) is 30.8 Å².